The lowest BCUT2D eigenvalue weighted by Crippen LogP contribution is -2.21. The zero-order chi connectivity index (χ0) is 8.22. The maximum Gasteiger partial charge on any atom is 0.152 e. The molecule has 2 aliphatic rings. The van der Waals surface area contributed by atoms with Gasteiger partial charge >= 0.3 is 0 Å². The largest absolute Gasteiger partial charge is 0.298 e. The van der Waals surface area contributed by atoms with E-state index in [-0.39, 0.29) is 14.0 Å². The zero-order valence-electron chi connectivity index (χ0n) is 5.69. The van der Waals surface area contributed by atoms with Crippen molar-refractivity contribution >= 4 is 53.6 Å². The first-order chi connectivity index (χ1) is 5.05. The van der Waals surface area contributed by atoms with Crippen molar-refractivity contribution in [3.63, 3.8) is 0 Å². The molecular weight excluding hydrogens is 340 g/mol. The molecule has 2 saturated carbocycles. The number of alkyl halides is 3. The van der Waals surface area contributed by atoms with E-state index < -0.39 is 0 Å². The standard InChI is InChI=1S/C7H7Br3O/c8-4-2-1-3-5(6(4)11)7(3,9)10/h3-5H,1-2H2. The first-order valence-corrected chi connectivity index (χ1v) is 6.11. The normalized spacial score (nSPS) is 46.8. The highest BCUT2D eigenvalue weighted by Crippen LogP contribution is 2.66. The molecule has 2 aliphatic carbocycles. The first kappa shape index (κ1) is 8.70. The Labute approximate surface area is 90.7 Å². The Morgan fingerprint density at radius 2 is 2.00 bits per heavy atom. The van der Waals surface area contributed by atoms with Crippen molar-refractivity contribution < 1.29 is 4.79 Å². The lowest BCUT2D eigenvalue weighted by atomic mass is 10.00. The summed E-state index contributed by atoms with van der Waals surface area (Å²) in [4.78, 5) is 11.6. The molecule has 3 unspecified atom stereocenters. The third-order valence-corrected chi connectivity index (χ3v) is 5.62. The lowest BCUT2D eigenvalue weighted by Gasteiger charge is -2.11. The van der Waals surface area contributed by atoms with E-state index in [1.54, 1.807) is 0 Å². The van der Waals surface area contributed by atoms with Gasteiger partial charge < -0.3 is 0 Å². The van der Waals surface area contributed by atoms with Crippen LogP contribution in [0.25, 0.3) is 0 Å². The number of ketones is 1. The summed E-state index contributed by atoms with van der Waals surface area (Å²) in [5.41, 5.74) is 0. The number of hydrogen-bond donors (Lipinski definition) is 0. The van der Waals surface area contributed by atoms with Gasteiger partial charge in [-0.25, -0.2) is 0 Å². The molecule has 4 heteroatoms. The fraction of sp³-hybridized carbons (Fsp3) is 0.857. The average Bonchev–Trinajstić information content (AvgIpc) is 2.46. The van der Waals surface area contributed by atoms with Crippen molar-refractivity contribution in [2.45, 2.75) is 20.9 Å². The maximum absolute atomic E-state index is 11.5. The van der Waals surface area contributed by atoms with Crippen molar-refractivity contribution in [1.29, 1.82) is 0 Å². The molecule has 0 radical (unpaired) electrons. The fourth-order valence-electron chi connectivity index (χ4n) is 1.80. The number of halogens is 3. The minimum atomic E-state index is -0.0559. The average molecular weight is 347 g/mol. The predicted molar refractivity (Wildman–Crippen MR) is 54.5 cm³/mol. The van der Waals surface area contributed by atoms with Crippen LogP contribution in [0.2, 0.25) is 0 Å². The summed E-state index contributed by atoms with van der Waals surface area (Å²) in [7, 11) is 0. The van der Waals surface area contributed by atoms with Crippen LogP contribution in [0, 0.1) is 11.8 Å². The van der Waals surface area contributed by atoms with Gasteiger partial charge in [-0.1, -0.05) is 47.8 Å². The third-order valence-electron chi connectivity index (χ3n) is 2.55. The molecule has 0 spiro atoms. The summed E-state index contributed by atoms with van der Waals surface area (Å²) in [6.07, 6.45) is 2.13. The monoisotopic (exact) mass is 344 g/mol. The molecule has 0 aliphatic heterocycles. The lowest BCUT2D eigenvalue weighted by molar-refractivity contribution is -0.120. The van der Waals surface area contributed by atoms with Crippen LogP contribution in [0.4, 0.5) is 0 Å². The Morgan fingerprint density at radius 1 is 1.36 bits per heavy atom. The summed E-state index contributed by atoms with van der Waals surface area (Å²) in [6.45, 7) is 0. The first-order valence-electron chi connectivity index (χ1n) is 3.60. The van der Waals surface area contributed by atoms with Crippen LogP contribution < -0.4 is 0 Å². The topological polar surface area (TPSA) is 17.1 Å². The second-order valence-electron chi connectivity index (χ2n) is 3.21. The summed E-state index contributed by atoms with van der Waals surface area (Å²) >= 11 is 10.4. The zero-order valence-corrected chi connectivity index (χ0v) is 10.4. The molecule has 1 nitrogen and oxygen atoms in total. The third kappa shape index (κ3) is 1.17. The molecule has 62 valence electrons. The second kappa shape index (κ2) is 2.55. The van der Waals surface area contributed by atoms with E-state index in [2.05, 4.69) is 47.8 Å². The minimum Gasteiger partial charge on any atom is -0.298 e. The van der Waals surface area contributed by atoms with Crippen molar-refractivity contribution in [2.24, 2.45) is 11.8 Å². The molecule has 0 amide bonds. The summed E-state index contributed by atoms with van der Waals surface area (Å²) in [5.74, 6) is 1.10. The SMILES string of the molecule is O=C1C(Br)CCC2C1C2(Br)Br. The Hall–Kier alpha value is 1.11. The van der Waals surface area contributed by atoms with Gasteiger partial charge in [0.15, 0.2) is 5.78 Å². The molecule has 2 fully saturated rings. The second-order valence-corrected chi connectivity index (χ2v) is 8.00. The van der Waals surface area contributed by atoms with Crippen molar-refractivity contribution in [1.82, 2.24) is 0 Å². The molecule has 0 saturated heterocycles. The Balaban J connectivity index is 2.19. The molecule has 2 rings (SSSR count). The fourth-order valence-corrected chi connectivity index (χ4v) is 4.16. The van der Waals surface area contributed by atoms with E-state index in [9.17, 15) is 4.79 Å². The quantitative estimate of drug-likeness (QED) is 0.616. The number of carbonyl (C=O) groups is 1. The van der Waals surface area contributed by atoms with E-state index >= 15 is 0 Å². The van der Waals surface area contributed by atoms with E-state index in [4.69, 9.17) is 0 Å². The molecule has 0 N–H and O–H groups in total. The van der Waals surface area contributed by atoms with Crippen molar-refractivity contribution in [3.8, 4) is 0 Å². The Morgan fingerprint density at radius 3 is 2.55 bits per heavy atom. The number of Topliss-reactive ketones (excluding diaryl/α,β-unsaturated/α-hetero) is 1. The molecule has 0 aromatic rings. The molecule has 0 bridgehead atoms. The van der Waals surface area contributed by atoms with Gasteiger partial charge in [0.25, 0.3) is 0 Å². The van der Waals surface area contributed by atoms with Crippen molar-refractivity contribution in [2.75, 3.05) is 0 Å². The molecule has 0 aromatic heterocycles. The number of rotatable bonds is 0. The predicted octanol–water partition coefficient (Wildman–Crippen LogP) is 2.84. The number of carbonyl (C=O) groups excluding carboxylic acids is 1. The van der Waals surface area contributed by atoms with Gasteiger partial charge in [0.2, 0.25) is 0 Å². The molecular formula is C7H7Br3O. The van der Waals surface area contributed by atoms with Gasteiger partial charge in [0.05, 0.1) is 8.06 Å². The molecule has 0 aromatic carbocycles. The highest BCUT2D eigenvalue weighted by molar-refractivity contribution is 9.25. The van der Waals surface area contributed by atoms with Gasteiger partial charge in [-0.3, -0.25) is 4.79 Å². The maximum atomic E-state index is 11.5. The van der Waals surface area contributed by atoms with Crippen LogP contribution in [-0.2, 0) is 4.79 Å². The smallest absolute Gasteiger partial charge is 0.152 e. The summed E-state index contributed by atoms with van der Waals surface area (Å²) in [5, 5.41) is 0. The summed E-state index contributed by atoms with van der Waals surface area (Å²) < 4.78 is -0.0559. The van der Waals surface area contributed by atoms with E-state index in [1.807, 2.05) is 0 Å². The van der Waals surface area contributed by atoms with Crippen LogP contribution in [0.15, 0.2) is 0 Å². The van der Waals surface area contributed by atoms with E-state index in [0.717, 1.165) is 12.8 Å². The van der Waals surface area contributed by atoms with Crippen molar-refractivity contribution in [3.05, 3.63) is 0 Å². The highest BCUT2D eigenvalue weighted by atomic mass is 79.9. The van der Waals surface area contributed by atoms with Gasteiger partial charge in [0, 0.05) is 5.92 Å². The number of fused-ring (bicyclic) bond motifs is 1. The molecule has 3 atom stereocenters. The van der Waals surface area contributed by atoms with Gasteiger partial charge in [-0.2, -0.15) is 0 Å². The summed E-state index contributed by atoms with van der Waals surface area (Å²) in [6, 6.07) is 0. The van der Waals surface area contributed by atoms with Gasteiger partial charge in [-0.05, 0) is 18.8 Å². The van der Waals surface area contributed by atoms with Crippen LogP contribution in [0.1, 0.15) is 12.8 Å². The highest BCUT2D eigenvalue weighted by Gasteiger charge is 2.67. The number of hydrogen-bond acceptors (Lipinski definition) is 1. The van der Waals surface area contributed by atoms with E-state index in [1.165, 1.54) is 0 Å². The van der Waals surface area contributed by atoms with Crippen LogP contribution in [0.3, 0.4) is 0 Å². The van der Waals surface area contributed by atoms with Crippen LogP contribution in [-0.4, -0.2) is 13.8 Å². The Bertz CT molecular complexity index is 214. The Kier molecular flexibility index (Phi) is 2.01. The molecule has 11 heavy (non-hydrogen) atoms. The van der Waals surface area contributed by atoms with E-state index in [0.29, 0.717) is 11.7 Å². The van der Waals surface area contributed by atoms with Crippen LogP contribution in [0.5, 0.6) is 0 Å². The van der Waals surface area contributed by atoms with Gasteiger partial charge in [-0.15, -0.1) is 0 Å². The van der Waals surface area contributed by atoms with Crippen LogP contribution >= 0.6 is 47.8 Å². The van der Waals surface area contributed by atoms with Gasteiger partial charge in [0.1, 0.15) is 0 Å². The molecule has 0 heterocycles. The minimum absolute atomic E-state index is 0.0559.